The zero-order valence-electron chi connectivity index (χ0n) is 9.10. The highest BCUT2D eigenvalue weighted by atomic mass is 16.2. The summed E-state index contributed by atoms with van der Waals surface area (Å²) in [6.45, 7) is 4.87. The van der Waals surface area contributed by atoms with Crippen LogP contribution in [0.25, 0.3) is 0 Å². The summed E-state index contributed by atoms with van der Waals surface area (Å²) in [7, 11) is 0. The first-order valence-electron chi connectivity index (χ1n) is 5.57. The second kappa shape index (κ2) is 3.02. The lowest BCUT2D eigenvalue weighted by Gasteiger charge is -2.61. The van der Waals surface area contributed by atoms with Gasteiger partial charge in [0.1, 0.15) is 0 Å². The number of nitroso groups, excluding NO2 is 1. The molecule has 0 radical (unpaired) electrons. The third kappa shape index (κ3) is 1.48. The van der Waals surface area contributed by atoms with Crippen molar-refractivity contribution in [2.45, 2.75) is 57.0 Å². The van der Waals surface area contributed by atoms with Crippen LogP contribution in [0.4, 0.5) is 0 Å². The first-order chi connectivity index (χ1) is 6.57. The summed E-state index contributed by atoms with van der Waals surface area (Å²) < 4.78 is 0. The Balaban J connectivity index is 0.000000354. The molecular formula is C11H20N2O. The summed E-state index contributed by atoms with van der Waals surface area (Å²) in [6, 6.07) is 0. The summed E-state index contributed by atoms with van der Waals surface area (Å²) >= 11 is 0. The van der Waals surface area contributed by atoms with Gasteiger partial charge in [-0.15, -0.1) is 0 Å². The fraction of sp³-hybridized carbons (Fsp3) is 1.00. The van der Waals surface area contributed by atoms with Crippen LogP contribution in [0.15, 0.2) is 0 Å². The van der Waals surface area contributed by atoms with Gasteiger partial charge in [0.2, 0.25) is 0 Å². The zero-order valence-corrected chi connectivity index (χ0v) is 9.10. The third-order valence-electron chi connectivity index (χ3n) is 4.23. The Morgan fingerprint density at radius 2 is 1.36 bits per heavy atom. The molecule has 0 aromatic rings. The topological polar surface area (TPSA) is 53.0 Å². The van der Waals surface area contributed by atoms with E-state index in [2.05, 4.69) is 24.8 Å². The molecule has 0 amide bonds. The van der Waals surface area contributed by atoms with Gasteiger partial charge in [0.05, 0.1) is 0 Å². The predicted octanol–water partition coefficient (Wildman–Crippen LogP) is 2.65. The largest absolute Gasteiger partial charge is 0.306 e. The van der Waals surface area contributed by atoms with E-state index in [4.69, 9.17) is 4.91 Å². The van der Waals surface area contributed by atoms with Crippen LogP contribution in [0.5, 0.6) is 0 Å². The van der Waals surface area contributed by atoms with Crippen LogP contribution in [0.3, 0.4) is 0 Å². The number of hydrogen-bond donors (Lipinski definition) is 2. The van der Waals surface area contributed by atoms with Gasteiger partial charge >= 0.3 is 0 Å². The van der Waals surface area contributed by atoms with Crippen molar-refractivity contribution in [2.75, 3.05) is 0 Å². The minimum absolute atomic E-state index is 0.513. The van der Waals surface area contributed by atoms with Crippen LogP contribution in [-0.2, 0) is 0 Å². The molecule has 2 saturated carbocycles. The van der Waals surface area contributed by atoms with Crippen molar-refractivity contribution in [1.29, 1.82) is 5.59 Å². The highest BCUT2D eigenvalue weighted by Crippen LogP contribution is 2.53. The van der Waals surface area contributed by atoms with Crippen molar-refractivity contribution in [2.24, 2.45) is 11.8 Å². The first kappa shape index (κ1) is 10.1. The van der Waals surface area contributed by atoms with Crippen molar-refractivity contribution in [3.63, 3.8) is 0 Å². The Hall–Kier alpha value is -0.440. The monoisotopic (exact) mass is 196 g/mol. The average Bonchev–Trinajstić information content (AvgIpc) is 2.00. The lowest BCUT2D eigenvalue weighted by molar-refractivity contribution is -0.0380. The van der Waals surface area contributed by atoms with Crippen LogP contribution in [0.2, 0.25) is 0 Å². The second-order valence-electron chi connectivity index (χ2n) is 6.03. The molecule has 2 N–H and O–H groups in total. The molecule has 0 spiro atoms. The van der Waals surface area contributed by atoms with Crippen molar-refractivity contribution >= 4 is 0 Å². The van der Waals surface area contributed by atoms with Crippen molar-refractivity contribution in [1.82, 2.24) is 5.32 Å². The van der Waals surface area contributed by atoms with E-state index in [0.29, 0.717) is 11.1 Å². The maximum atomic E-state index is 7.50. The Morgan fingerprint density at radius 3 is 1.64 bits per heavy atom. The van der Waals surface area contributed by atoms with Gasteiger partial charge in [-0.25, -0.2) is 0 Å². The number of rotatable bonds is 0. The Kier molecular flexibility index (Phi) is 2.18. The molecule has 4 bridgehead atoms. The van der Waals surface area contributed by atoms with E-state index < -0.39 is 0 Å². The molecule has 4 aliphatic rings. The molecule has 3 nitrogen and oxygen atoms in total. The molecule has 2 aliphatic carbocycles. The smallest absolute Gasteiger partial charge is 0.0163 e. The molecular weight excluding hydrogens is 176 g/mol. The van der Waals surface area contributed by atoms with E-state index >= 15 is 0 Å². The van der Waals surface area contributed by atoms with Crippen molar-refractivity contribution in [3.05, 3.63) is 4.91 Å². The maximum absolute atomic E-state index is 7.50. The van der Waals surface area contributed by atoms with E-state index in [1.165, 1.54) is 32.1 Å². The maximum Gasteiger partial charge on any atom is 0.0163 e. The van der Waals surface area contributed by atoms with Gasteiger partial charge in [0.25, 0.3) is 0 Å². The Morgan fingerprint density at radius 1 is 1.00 bits per heavy atom. The Labute approximate surface area is 85.4 Å². The number of piperidine rings is 2. The molecule has 2 aliphatic heterocycles. The number of nitrogens with one attached hydrogen (secondary N) is 2. The predicted molar refractivity (Wildman–Crippen MR) is 56.1 cm³/mol. The van der Waals surface area contributed by atoms with E-state index in [1.807, 2.05) is 0 Å². The van der Waals surface area contributed by atoms with Crippen LogP contribution in [0, 0.1) is 22.3 Å². The molecule has 80 valence electrons. The standard InChI is InChI=1S/C11H19N.HNO/c1-10-4-8-3-9(5-10)7-11(2,6-8)12-10;1-2/h8-9,12H,3-7H2,1-2H3;1H. The molecule has 3 heteroatoms. The highest BCUT2D eigenvalue weighted by Gasteiger charge is 2.53. The molecule has 2 saturated heterocycles. The van der Waals surface area contributed by atoms with Crippen molar-refractivity contribution in [3.8, 4) is 0 Å². The van der Waals surface area contributed by atoms with Gasteiger partial charge in [-0.2, -0.15) is 4.91 Å². The first-order valence-corrected chi connectivity index (χ1v) is 5.57. The lowest BCUT2D eigenvalue weighted by atomic mass is 9.55. The minimum Gasteiger partial charge on any atom is -0.306 e. The van der Waals surface area contributed by atoms with Crippen LogP contribution >= 0.6 is 0 Å². The van der Waals surface area contributed by atoms with E-state index in [9.17, 15) is 0 Å². The fourth-order valence-corrected chi connectivity index (χ4v) is 4.60. The summed E-state index contributed by atoms with van der Waals surface area (Å²) in [5.74, 6) is 2.10. The van der Waals surface area contributed by atoms with Gasteiger partial charge in [-0.05, 0) is 57.8 Å². The molecule has 0 atom stereocenters. The van der Waals surface area contributed by atoms with Crippen LogP contribution in [-0.4, -0.2) is 11.1 Å². The normalized spacial score (nSPS) is 53.9. The zero-order chi connectivity index (χ0) is 10.4. The highest BCUT2D eigenvalue weighted by molar-refractivity contribution is 5.11. The number of hydrogen-bond acceptors (Lipinski definition) is 3. The van der Waals surface area contributed by atoms with E-state index in [1.54, 1.807) is 0 Å². The third-order valence-corrected chi connectivity index (χ3v) is 4.23. The summed E-state index contributed by atoms with van der Waals surface area (Å²) in [4.78, 5) is 7.50. The molecule has 0 aromatic heterocycles. The van der Waals surface area contributed by atoms with Gasteiger partial charge in [-0.1, -0.05) is 5.59 Å². The van der Waals surface area contributed by atoms with Crippen LogP contribution in [0.1, 0.15) is 46.0 Å². The summed E-state index contributed by atoms with van der Waals surface area (Å²) in [6.07, 6.45) is 7.31. The lowest BCUT2D eigenvalue weighted by Crippen LogP contribution is -2.68. The molecule has 0 unspecified atom stereocenters. The second-order valence-corrected chi connectivity index (χ2v) is 6.03. The van der Waals surface area contributed by atoms with E-state index in [-0.39, 0.29) is 0 Å². The average molecular weight is 196 g/mol. The fourth-order valence-electron chi connectivity index (χ4n) is 4.60. The minimum atomic E-state index is 0.513. The van der Waals surface area contributed by atoms with Gasteiger partial charge in [0.15, 0.2) is 0 Å². The van der Waals surface area contributed by atoms with Crippen LogP contribution < -0.4 is 5.32 Å². The molecule has 4 fully saturated rings. The summed E-state index contributed by atoms with van der Waals surface area (Å²) in [5.41, 5.74) is 5.53. The molecule has 4 rings (SSSR count). The molecule has 14 heavy (non-hydrogen) atoms. The Bertz CT molecular complexity index is 207. The summed E-state index contributed by atoms with van der Waals surface area (Å²) in [5, 5.41) is 3.87. The van der Waals surface area contributed by atoms with Gasteiger partial charge < -0.3 is 5.32 Å². The van der Waals surface area contributed by atoms with Gasteiger partial charge in [0, 0.05) is 11.1 Å². The van der Waals surface area contributed by atoms with E-state index in [0.717, 1.165) is 11.8 Å². The van der Waals surface area contributed by atoms with Gasteiger partial charge in [-0.3, -0.25) is 0 Å². The molecule has 0 aromatic carbocycles. The molecule has 2 heterocycles. The quantitative estimate of drug-likeness (QED) is 0.585. The SMILES string of the molecule is CC12CC3CC(C1)CC(C)(C3)N2.N=O. The van der Waals surface area contributed by atoms with Crippen molar-refractivity contribution < 1.29 is 0 Å².